The van der Waals surface area contributed by atoms with Gasteiger partial charge < -0.3 is 19.9 Å². The first kappa shape index (κ1) is 23.1. The molecule has 5 nitrogen and oxygen atoms in total. The zero-order valence-electron chi connectivity index (χ0n) is 18.8. The van der Waals surface area contributed by atoms with Crippen molar-refractivity contribution in [3.63, 3.8) is 0 Å². The van der Waals surface area contributed by atoms with Crippen LogP contribution in [0.5, 0.6) is 5.75 Å². The third-order valence-corrected chi connectivity index (χ3v) is 5.94. The zero-order chi connectivity index (χ0) is 22.2. The van der Waals surface area contributed by atoms with Gasteiger partial charge in [-0.05, 0) is 81.7 Å². The van der Waals surface area contributed by atoms with Crippen LogP contribution in [0.3, 0.4) is 0 Å². The molecule has 1 saturated heterocycles. The molecule has 2 aromatic carbocycles. The van der Waals surface area contributed by atoms with Crippen molar-refractivity contribution in [1.29, 1.82) is 0 Å². The van der Waals surface area contributed by atoms with Gasteiger partial charge in [0.1, 0.15) is 11.6 Å². The number of hydrogen-bond acceptors (Lipinski definition) is 3. The molecule has 0 aromatic heterocycles. The van der Waals surface area contributed by atoms with Gasteiger partial charge >= 0.3 is 6.03 Å². The number of rotatable bonds is 8. The fourth-order valence-electron chi connectivity index (χ4n) is 3.74. The molecule has 6 heteroatoms. The Kier molecular flexibility index (Phi) is 8.29. The predicted octanol–water partition coefficient (Wildman–Crippen LogP) is 4.81. The summed E-state index contributed by atoms with van der Waals surface area (Å²) in [6.45, 7) is 7.01. The van der Waals surface area contributed by atoms with Gasteiger partial charge in [0.05, 0.1) is 6.10 Å². The summed E-state index contributed by atoms with van der Waals surface area (Å²) in [6.07, 6.45) is 3.01. The van der Waals surface area contributed by atoms with Crippen molar-refractivity contribution in [3.8, 4) is 5.75 Å². The molecule has 0 aliphatic carbocycles. The van der Waals surface area contributed by atoms with E-state index in [0.717, 1.165) is 49.2 Å². The Hall–Kier alpha value is -2.60. The van der Waals surface area contributed by atoms with Crippen LogP contribution in [0.2, 0.25) is 0 Å². The van der Waals surface area contributed by atoms with Crippen LogP contribution in [-0.4, -0.2) is 48.1 Å². The molecule has 1 heterocycles. The van der Waals surface area contributed by atoms with Crippen molar-refractivity contribution >= 4 is 6.03 Å². The maximum Gasteiger partial charge on any atom is 0.318 e. The first-order chi connectivity index (χ1) is 14.9. The summed E-state index contributed by atoms with van der Waals surface area (Å²) in [6, 6.07) is 14.3. The van der Waals surface area contributed by atoms with Crippen molar-refractivity contribution in [3.05, 3.63) is 65.5 Å². The quantitative estimate of drug-likeness (QED) is 0.658. The average molecular weight is 428 g/mol. The molecule has 0 spiro atoms. The van der Waals surface area contributed by atoms with Crippen LogP contribution in [0.4, 0.5) is 9.18 Å². The van der Waals surface area contributed by atoms with Gasteiger partial charge in [-0.25, -0.2) is 9.18 Å². The number of carbonyl (C=O) groups is 1. The molecule has 1 N–H and O–H groups in total. The SMILES string of the molecule is CCC(C)Oc1ccc(CNC(=O)N(Cc2ccc(F)cc2)C2CCN(C)CC2)cc1. The van der Waals surface area contributed by atoms with Gasteiger partial charge in [0.25, 0.3) is 0 Å². The van der Waals surface area contributed by atoms with Crippen molar-refractivity contribution in [2.75, 3.05) is 20.1 Å². The molecule has 1 aliphatic rings. The van der Waals surface area contributed by atoms with E-state index in [-0.39, 0.29) is 24.0 Å². The van der Waals surface area contributed by atoms with Crippen LogP contribution >= 0.6 is 0 Å². The molecule has 0 radical (unpaired) electrons. The second-order valence-electron chi connectivity index (χ2n) is 8.43. The molecule has 31 heavy (non-hydrogen) atoms. The number of likely N-dealkylation sites (tertiary alicyclic amines) is 1. The lowest BCUT2D eigenvalue weighted by atomic mass is 10.0. The highest BCUT2D eigenvalue weighted by Crippen LogP contribution is 2.20. The molecule has 168 valence electrons. The minimum Gasteiger partial charge on any atom is -0.491 e. The number of urea groups is 1. The van der Waals surface area contributed by atoms with Crippen LogP contribution in [0, 0.1) is 5.82 Å². The number of benzene rings is 2. The van der Waals surface area contributed by atoms with E-state index >= 15 is 0 Å². The largest absolute Gasteiger partial charge is 0.491 e. The second-order valence-corrected chi connectivity index (χ2v) is 8.43. The van der Waals surface area contributed by atoms with E-state index in [0.29, 0.717) is 13.1 Å². The number of amides is 2. The number of nitrogens with one attached hydrogen (secondary N) is 1. The third-order valence-electron chi connectivity index (χ3n) is 5.94. The lowest BCUT2D eigenvalue weighted by molar-refractivity contribution is 0.127. The van der Waals surface area contributed by atoms with Gasteiger partial charge in [-0.2, -0.15) is 0 Å². The van der Waals surface area contributed by atoms with Crippen LogP contribution < -0.4 is 10.1 Å². The van der Waals surface area contributed by atoms with E-state index < -0.39 is 0 Å². The number of carbonyl (C=O) groups excluding carboxylic acids is 1. The maximum atomic E-state index is 13.3. The summed E-state index contributed by atoms with van der Waals surface area (Å²) in [5, 5.41) is 3.07. The highest BCUT2D eigenvalue weighted by Gasteiger charge is 2.27. The summed E-state index contributed by atoms with van der Waals surface area (Å²) in [5.41, 5.74) is 1.96. The van der Waals surface area contributed by atoms with Crippen LogP contribution in [0.15, 0.2) is 48.5 Å². The Labute approximate surface area is 185 Å². The fourth-order valence-corrected chi connectivity index (χ4v) is 3.74. The van der Waals surface area contributed by atoms with Crippen molar-refractivity contribution in [2.45, 2.75) is 58.3 Å². The highest BCUT2D eigenvalue weighted by atomic mass is 19.1. The van der Waals surface area contributed by atoms with Gasteiger partial charge in [0.2, 0.25) is 0 Å². The van der Waals surface area contributed by atoms with Gasteiger partial charge in [0, 0.05) is 19.1 Å². The number of nitrogens with zero attached hydrogens (tertiary/aromatic N) is 2. The summed E-state index contributed by atoms with van der Waals surface area (Å²) < 4.78 is 19.1. The normalized spacial score (nSPS) is 16.0. The zero-order valence-corrected chi connectivity index (χ0v) is 18.8. The van der Waals surface area contributed by atoms with Crippen molar-refractivity contribution in [1.82, 2.24) is 15.1 Å². The first-order valence-corrected chi connectivity index (χ1v) is 11.2. The molecular weight excluding hydrogens is 393 g/mol. The van der Waals surface area contributed by atoms with Gasteiger partial charge in [-0.3, -0.25) is 0 Å². The first-order valence-electron chi connectivity index (χ1n) is 11.2. The molecule has 1 aliphatic heterocycles. The smallest absolute Gasteiger partial charge is 0.318 e. The second kappa shape index (κ2) is 11.1. The Bertz CT molecular complexity index is 818. The van der Waals surface area contributed by atoms with E-state index in [1.165, 1.54) is 12.1 Å². The van der Waals surface area contributed by atoms with E-state index in [2.05, 4.69) is 24.2 Å². The van der Waals surface area contributed by atoms with Gasteiger partial charge in [-0.1, -0.05) is 31.2 Å². The maximum absolute atomic E-state index is 13.3. The topological polar surface area (TPSA) is 44.8 Å². The lowest BCUT2D eigenvalue weighted by Gasteiger charge is -2.37. The van der Waals surface area contributed by atoms with Crippen LogP contribution in [0.25, 0.3) is 0 Å². The average Bonchev–Trinajstić information content (AvgIpc) is 2.78. The molecule has 1 fully saturated rings. The standard InChI is InChI=1S/C25H34FN3O2/c1-4-19(2)31-24-11-7-20(8-12-24)17-27-25(30)29(23-13-15-28(3)16-14-23)18-21-5-9-22(26)10-6-21/h5-12,19,23H,4,13-18H2,1-3H3,(H,27,30). The highest BCUT2D eigenvalue weighted by molar-refractivity contribution is 5.74. The van der Waals surface area contributed by atoms with Gasteiger partial charge in [-0.15, -0.1) is 0 Å². The Balaban J connectivity index is 1.62. The Morgan fingerprint density at radius 3 is 2.35 bits per heavy atom. The van der Waals surface area contributed by atoms with E-state index in [9.17, 15) is 9.18 Å². The summed E-state index contributed by atoms with van der Waals surface area (Å²) in [5.74, 6) is 0.577. The van der Waals surface area contributed by atoms with Crippen LogP contribution in [0.1, 0.15) is 44.2 Å². The number of ether oxygens (including phenoxy) is 1. The molecule has 0 bridgehead atoms. The molecule has 2 aromatic rings. The number of halogens is 1. The molecule has 1 unspecified atom stereocenters. The molecular formula is C25H34FN3O2. The molecule has 2 amide bonds. The van der Waals surface area contributed by atoms with E-state index in [1.807, 2.05) is 36.1 Å². The predicted molar refractivity (Wildman–Crippen MR) is 122 cm³/mol. The minimum atomic E-state index is -0.264. The van der Waals surface area contributed by atoms with E-state index in [1.54, 1.807) is 12.1 Å². The van der Waals surface area contributed by atoms with Gasteiger partial charge in [0.15, 0.2) is 0 Å². The monoisotopic (exact) mass is 427 g/mol. The molecule has 3 rings (SSSR count). The molecule has 1 atom stereocenters. The number of hydrogen-bond donors (Lipinski definition) is 1. The Morgan fingerprint density at radius 2 is 1.74 bits per heavy atom. The van der Waals surface area contributed by atoms with E-state index in [4.69, 9.17) is 4.74 Å². The van der Waals surface area contributed by atoms with Crippen LogP contribution in [-0.2, 0) is 13.1 Å². The third kappa shape index (κ3) is 6.96. The lowest BCUT2D eigenvalue weighted by Crippen LogP contribution is -2.49. The summed E-state index contributed by atoms with van der Waals surface area (Å²) in [7, 11) is 2.11. The minimum absolute atomic E-state index is 0.0844. The number of piperidine rings is 1. The van der Waals surface area contributed by atoms with Crippen molar-refractivity contribution < 1.29 is 13.9 Å². The summed E-state index contributed by atoms with van der Waals surface area (Å²) in [4.78, 5) is 17.3. The fraction of sp³-hybridized carbons (Fsp3) is 0.480. The molecule has 0 saturated carbocycles. The summed E-state index contributed by atoms with van der Waals surface area (Å²) >= 11 is 0. The Morgan fingerprint density at radius 1 is 1.13 bits per heavy atom. The van der Waals surface area contributed by atoms with Crippen molar-refractivity contribution in [2.24, 2.45) is 0 Å².